The number of sulfonamides is 1. The average Bonchev–Trinajstić information content (AvgIpc) is 2.80. The van der Waals surface area contributed by atoms with Crippen LogP contribution in [0.2, 0.25) is 5.02 Å². The van der Waals surface area contributed by atoms with E-state index in [1.54, 1.807) is 18.2 Å². The monoisotopic (exact) mass is 472 g/mol. The third-order valence-electron chi connectivity index (χ3n) is 5.51. The van der Waals surface area contributed by atoms with Crippen molar-refractivity contribution in [3.05, 3.63) is 94.8 Å². The maximum Gasteiger partial charge on any atom is 0.264 e. The fraction of sp³-hybridized carbons (Fsp3) is 0.208. The number of nitrogens with zero attached hydrogens (tertiary/aromatic N) is 1. The van der Waals surface area contributed by atoms with Crippen molar-refractivity contribution in [2.24, 2.45) is 0 Å². The lowest BCUT2D eigenvalue weighted by atomic mass is 9.88. The van der Waals surface area contributed by atoms with Crippen LogP contribution < -0.4 is 9.62 Å². The van der Waals surface area contributed by atoms with E-state index in [4.69, 9.17) is 11.6 Å². The zero-order valence-electron chi connectivity index (χ0n) is 17.2. The number of rotatable bonds is 6. The Balaban J connectivity index is 1.64. The summed E-state index contributed by atoms with van der Waals surface area (Å²) in [6, 6.07) is 19.1. The van der Waals surface area contributed by atoms with Gasteiger partial charge in [0.1, 0.15) is 12.4 Å². The Morgan fingerprint density at radius 2 is 1.78 bits per heavy atom. The predicted octanol–water partition coefficient (Wildman–Crippen LogP) is 4.87. The van der Waals surface area contributed by atoms with Crippen molar-refractivity contribution in [3.8, 4) is 0 Å². The SMILES string of the molecule is O=C(CN(c1ccc(F)c(Cl)c1)S(=O)(=O)c1ccccc1)N[C@H]1CCCc2ccccc21. The number of hydrogen-bond donors (Lipinski definition) is 1. The molecule has 166 valence electrons. The Morgan fingerprint density at radius 1 is 1.06 bits per heavy atom. The summed E-state index contributed by atoms with van der Waals surface area (Å²) < 4.78 is 41.4. The third kappa shape index (κ3) is 4.64. The number of benzene rings is 3. The quantitative estimate of drug-likeness (QED) is 0.556. The number of fused-ring (bicyclic) bond motifs is 1. The molecule has 0 saturated heterocycles. The Morgan fingerprint density at radius 3 is 2.53 bits per heavy atom. The van der Waals surface area contributed by atoms with Crippen LogP contribution in [-0.4, -0.2) is 20.9 Å². The molecule has 0 bridgehead atoms. The van der Waals surface area contributed by atoms with Gasteiger partial charge in [0.15, 0.2) is 0 Å². The molecule has 3 aromatic rings. The van der Waals surface area contributed by atoms with Crippen molar-refractivity contribution in [3.63, 3.8) is 0 Å². The molecule has 32 heavy (non-hydrogen) atoms. The van der Waals surface area contributed by atoms with Gasteiger partial charge < -0.3 is 5.32 Å². The molecule has 0 aromatic heterocycles. The highest BCUT2D eigenvalue weighted by Crippen LogP contribution is 2.30. The van der Waals surface area contributed by atoms with E-state index in [9.17, 15) is 17.6 Å². The van der Waals surface area contributed by atoms with Gasteiger partial charge in [0, 0.05) is 0 Å². The van der Waals surface area contributed by atoms with Gasteiger partial charge in [-0.25, -0.2) is 12.8 Å². The normalized spacial score (nSPS) is 15.6. The molecule has 1 amide bonds. The molecule has 8 heteroatoms. The van der Waals surface area contributed by atoms with Crippen LogP contribution in [0.25, 0.3) is 0 Å². The number of carbonyl (C=O) groups excluding carboxylic acids is 1. The van der Waals surface area contributed by atoms with E-state index in [1.165, 1.54) is 29.8 Å². The molecule has 1 aliphatic carbocycles. The molecule has 4 rings (SSSR count). The van der Waals surface area contributed by atoms with Crippen LogP contribution in [0, 0.1) is 5.82 Å². The van der Waals surface area contributed by atoms with Crippen molar-refractivity contribution in [1.82, 2.24) is 5.32 Å². The fourth-order valence-electron chi connectivity index (χ4n) is 3.95. The molecule has 0 heterocycles. The first-order chi connectivity index (χ1) is 15.4. The lowest BCUT2D eigenvalue weighted by Gasteiger charge is -2.29. The summed E-state index contributed by atoms with van der Waals surface area (Å²) in [4.78, 5) is 13.0. The predicted molar refractivity (Wildman–Crippen MR) is 123 cm³/mol. The van der Waals surface area contributed by atoms with Crippen molar-refractivity contribution in [2.45, 2.75) is 30.2 Å². The highest BCUT2D eigenvalue weighted by molar-refractivity contribution is 7.92. The standard InChI is InChI=1S/C24H22ClFN2O3S/c25-21-15-18(13-14-22(21)26)28(32(30,31)19-9-2-1-3-10-19)16-24(29)27-23-12-6-8-17-7-4-5-11-20(17)23/h1-5,7,9-11,13-15,23H,6,8,12,16H2,(H,27,29)/t23-/m0/s1. The Hall–Kier alpha value is -2.90. The third-order valence-corrected chi connectivity index (χ3v) is 7.59. The van der Waals surface area contributed by atoms with Gasteiger partial charge in [0.2, 0.25) is 5.91 Å². The number of aryl methyl sites for hydroxylation is 1. The van der Waals surface area contributed by atoms with Gasteiger partial charge in [-0.05, 0) is 60.7 Å². The smallest absolute Gasteiger partial charge is 0.264 e. The summed E-state index contributed by atoms with van der Waals surface area (Å²) in [6.07, 6.45) is 2.66. The largest absolute Gasteiger partial charge is 0.348 e. The molecule has 1 aliphatic rings. The molecule has 5 nitrogen and oxygen atoms in total. The molecule has 1 atom stereocenters. The average molecular weight is 473 g/mol. The lowest BCUT2D eigenvalue weighted by molar-refractivity contribution is -0.120. The number of halogens is 2. The molecule has 0 fully saturated rings. The van der Waals surface area contributed by atoms with Gasteiger partial charge in [-0.15, -0.1) is 0 Å². The highest BCUT2D eigenvalue weighted by Gasteiger charge is 2.29. The first-order valence-corrected chi connectivity index (χ1v) is 12.1. The van der Waals surface area contributed by atoms with E-state index in [0.717, 1.165) is 35.2 Å². The number of hydrogen-bond acceptors (Lipinski definition) is 3. The van der Waals surface area contributed by atoms with Crippen LogP contribution in [0.5, 0.6) is 0 Å². The van der Waals surface area contributed by atoms with Crippen molar-refractivity contribution in [2.75, 3.05) is 10.8 Å². The summed E-state index contributed by atoms with van der Waals surface area (Å²) >= 11 is 5.91. The number of anilines is 1. The minimum atomic E-state index is -4.09. The van der Waals surface area contributed by atoms with Crippen LogP contribution in [0.4, 0.5) is 10.1 Å². The van der Waals surface area contributed by atoms with Gasteiger partial charge in [-0.2, -0.15) is 0 Å². The molecular formula is C24H22ClFN2O3S. The molecule has 0 unspecified atom stereocenters. The topological polar surface area (TPSA) is 66.5 Å². The number of amides is 1. The Bertz CT molecular complexity index is 1240. The first-order valence-electron chi connectivity index (χ1n) is 10.3. The van der Waals surface area contributed by atoms with Gasteiger partial charge in [-0.3, -0.25) is 9.10 Å². The second-order valence-corrected chi connectivity index (χ2v) is 9.90. The van der Waals surface area contributed by atoms with E-state index in [-0.39, 0.29) is 21.6 Å². The molecule has 3 aromatic carbocycles. The van der Waals surface area contributed by atoms with E-state index >= 15 is 0 Å². The van der Waals surface area contributed by atoms with Gasteiger partial charge in [0.25, 0.3) is 10.0 Å². The number of nitrogens with one attached hydrogen (secondary N) is 1. The summed E-state index contributed by atoms with van der Waals surface area (Å²) in [6.45, 7) is -0.460. The molecular weight excluding hydrogens is 451 g/mol. The molecule has 0 saturated carbocycles. The second-order valence-electron chi connectivity index (χ2n) is 7.63. The van der Waals surface area contributed by atoms with Gasteiger partial charge in [-0.1, -0.05) is 54.1 Å². The first kappa shape index (κ1) is 22.3. The van der Waals surface area contributed by atoms with Crippen LogP contribution in [-0.2, 0) is 21.2 Å². The number of carbonyl (C=O) groups is 1. The lowest BCUT2D eigenvalue weighted by Crippen LogP contribution is -2.42. The fourth-order valence-corrected chi connectivity index (χ4v) is 5.56. The highest BCUT2D eigenvalue weighted by atomic mass is 35.5. The summed E-state index contributed by atoms with van der Waals surface area (Å²) in [7, 11) is -4.09. The van der Waals surface area contributed by atoms with Gasteiger partial charge >= 0.3 is 0 Å². The van der Waals surface area contributed by atoms with Crippen LogP contribution in [0.1, 0.15) is 30.0 Å². The van der Waals surface area contributed by atoms with E-state index in [1.807, 2.05) is 24.3 Å². The van der Waals surface area contributed by atoms with E-state index in [2.05, 4.69) is 5.32 Å². The van der Waals surface area contributed by atoms with Crippen molar-refractivity contribution >= 4 is 33.2 Å². The Kier molecular flexibility index (Phi) is 6.48. The van der Waals surface area contributed by atoms with Crippen LogP contribution in [0.15, 0.2) is 77.7 Å². The second kappa shape index (κ2) is 9.30. The van der Waals surface area contributed by atoms with Crippen LogP contribution >= 0.6 is 11.6 Å². The minimum absolute atomic E-state index is 0.0243. The molecule has 0 aliphatic heterocycles. The molecule has 1 N–H and O–H groups in total. The van der Waals surface area contributed by atoms with E-state index < -0.39 is 28.3 Å². The van der Waals surface area contributed by atoms with Crippen molar-refractivity contribution < 1.29 is 17.6 Å². The summed E-state index contributed by atoms with van der Waals surface area (Å²) in [5, 5.41) is 2.75. The van der Waals surface area contributed by atoms with E-state index in [0.29, 0.717) is 0 Å². The molecule has 0 spiro atoms. The summed E-state index contributed by atoms with van der Waals surface area (Å²) in [5.74, 6) is -1.12. The van der Waals surface area contributed by atoms with Crippen molar-refractivity contribution in [1.29, 1.82) is 0 Å². The maximum atomic E-state index is 13.7. The zero-order chi connectivity index (χ0) is 22.7. The Labute approximate surface area is 191 Å². The van der Waals surface area contributed by atoms with Crippen LogP contribution in [0.3, 0.4) is 0 Å². The molecule has 0 radical (unpaired) electrons. The van der Waals surface area contributed by atoms with Gasteiger partial charge in [0.05, 0.1) is 21.6 Å². The summed E-state index contributed by atoms with van der Waals surface area (Å²) in [5.41, 5.74) is 2.34. The minimum Gasteiger partial charge on any atom is -0.348 e. The zero-order valence-corrected chi connectivity index (χ0v) is 18.7. The maximum absolute atomic E-state index is 13.7.